The van der Waals surface area contributed by atoms with E-state index in [0.717, 1.165) is 38.4 Å². The van der Waals surface area contributed by atoms with Crippen molar-refractivity contribution in [1.82, 2.24) is 4.90 Å². The summed E-state index contributed by atoms with van der Waals surface area (Å²) < 4.78 is 5.66. The summed E-state index contributed by atoms with van der Waals surface area (Å²) >= 11 is 0. The molecule has 1 fully saturated rings. The van der Waals surface area contributed by atoms with Crippen molar-refractivity contribution >= 4 is 0 Å². The number of β-amino-alcohol motifs (C(OH)–C–C–N with tert-alkyl or cyclic N) is 1. The highest BCUT2D eigenvalue weighted by Gasteiger charge is 2.28. The fourth-order valence-electron chi connectivity index (χ4n) is 2.67. The fourth-order valence-corrected chi connectivity index (χ4v) is 2.67. The van der Waals surface area contributed by atoms with Crippen LogP contribution in [0.2, 0.25) is 0 Å². The van der Waals surface area contributed by atoms with Crippen molar-refractivity contribution < 1.29 is 9.84 Å². The highest BCUT2D eigenvalue weighted by molar-refractivity contribution is 5.39. The first-order chi connectivity index (χ1) is 7.83. The molecule has 0 spiro atoms. The number of para-hydroxylation sites is 1. The van der Waals surface area contributed by atoms with Crippen molar-refractivity contribution in [3.63, 3.8) is 0 Å². The Morgan fingerprint density at radius 1 is 1.38 bits per heavy atom. The fraction of sp³-hybridized carbons (Fsp3) is 0.538. The van der Waals surface area contributed by atoms with Gasteiger partial charge < -0.3 is 9.84 Å². The van der Waals surface area contributed by atoms with Gasteiger partial charge in [-0.2, -0.15) is 0 Å². The number of aliphatic hydroxyl groups is 1. The normalized spacial score (nSPS) is 29.1. The van der Waals surface area contributed by atoms with Gasteiger partial charge in [0.05, 0.1) is 12.7 Å². The first-order valence-electron chi connectivity index (χ1n) is 5.95. The second-order valence-corrected chi connectivity index (χ2v) is 4.75. The molecule has 3 heteroatoms. The van der Waals surface area contributed by atoms with Gasteiger partial charge in [0.25, 0.3) is 0 Å². The maximum Gasteiger partial charge on any atom is 0.122 e. The average molecular weight is 219 g/mol. The van der Waals surface area contributed by atoms with Gasteiger partial charge in [-0.05, 0) is 12.5 Å². The summed E-state index contributed by atoms with van der Waals surface area (Å²) in [5.74, 6) is 1.51. The maximum atomic E-state index is 9.50. The summed E-state index contributed by atoms with van der Waals surface area (Å²) in [6.07, 6.45) is 0.785. The van der Waals surface area contributed by atoms with Crippen LogP contribution in [-0.2, 0) is 0 Å². The molecule has 1 N–H and O–H groups in total. The van der Waals surface area contributed by atoms with Crippen molar-refractivity contribution in [2.45, 2.75) is 18.4 Å². The third-order valence-corrected chi connectivity index (χ3v) is 3.52. The van der Waals surface area contributed by atoms with Crippen LogP contribution in [0.3, 0.4) is 0 Å². The molecule has 1 aromatic carbocycles. The van der Waals surface area contributed by atoms with Gasteiger partial charge in [-0.25, -0.2) is 0 Å². The number of benzene rings is 1. The number of hydrogen-bond donors (Lipinski definition) is 1. The molecule has 86 valence electrons. The van der Waals surface area contributed by atoms with Crippen LogP contribution in [-0.4, -0.2) is 42.4 Å². The van der Waals surface area contributed by atoms with Crippen LogP contribution in [0.4, 0.5) is 0 Å². The van der Waals surface area contributed by atoms with Gasteiger partial charge in [0.1, 0.15) is 5.75 Å². The van der Waals surface area contributed by atoms with Gasteiger partial charge in [-0.1, -0.05) is 18.2 Å². The lowest BCUT2D eigenvalue weighted by molar-refractivity contribution is 0.172. The van der Waals surface area contributed by atoms with Gasteiger partial charge in [0, 0.05) is 31.1 Å². The highest BCUT2D eigenvalue weighted by Crippen LogP contribution is 2.34. The lowest BCUT2D eigenvalue weighted by Crippen LogP contribution is -2.28. The van der Waals surface area contributed by atoms with Crippen LogP contribution in [0.5, 0.6) is 5.75 Å². The number of nitrogens with zero attached hydrogens (tertiary/aromatic N) is 1. The molecule has 16 heavy (non-hydrogen) atoms. The zero-order valence-electron chi connectivity index (χ0n) is 9.30. The van der Waals surface area contributed by atoms with Crippen molar-refractivity contribution in [2.24, 2.45) is 0 Å². The quantitative estimate of drug-likeness (QED) is 0.812. The summed E-state index contributed by atoms with van der Waals surface area (Å²) in [6, 6.07) is 8.27. The molecule has 0 saturated carbocycles. The molecule has 3 rings (SSSR count). The third-order valence-electron chi connectivity index (χ3n) is 3.52. The van der Waals surface area contributed by atoms with Crippen LogP contribution in [0.15, 0.2) is 24.3 Å². The number of likely N-dealkylation sites (tertiary alicyclic amines) is 1. The lowest BCUT2D eigenvalue weighted by Gasteiger charge is -2.18. The van der Waals surface area contributed by atoms with Gasteiger partial charge >= 0.3 is 0 Å². The Bertz CT molecular complexity index is 380. The standard InChI is InChI=1S/C13H17NO2/c15-11-5-6-14(8-11)7-10-9-16-13-4-2-1-3-12(10)13/h1-4,10-11,15H,5-9H2/t10?,11-/m1/s1. The van der Waals surface area contributed by atoms with E-state index in [0.29, 0.717) is 5.92 Å². The van der Waals surface area contributed by atoms with Crippen molar-refractivity contribution in [3.05, 3.63) is 29.8 Å². The van der Waals surface area contributed by atoms with Crippen LogP contribution in [0.1, 0.15) is 17.9 Å². The van der Waals surface area contributed by atoms with Crippen LogP contribution in [0, 0.1) is 0 Å². The minimum absolute atomic E-state index is 0.127. The van der Waals surface area contributed by atoms with Crippen molar-refractivity contribution in [1.29, 1.82) is 0 Å². The zero-order valence-corrected chi connectivity index (χ0v) is 9.30. The van der Waals surface area contributed by atoms with Gasteiger partial charge in [-0.3, -0.25) is 4.90 Å². The molecule has 1 saturated heterocycles. The second kappa shape index (κ2) is 4.07. The Hall–Kier alpha value is -1.06. The number of aliphatic hydroxyl groups excluding tert-OH is 1. The van der Waals surface area contributed by atoms with E-state index in [9.17, 15) is 5.11 Å². The monoisotopic (exact) mass is 219 g/mol. The Morgan fingerprint density at radius 2 is 2.25 bits per heavy atom. The highest BCUT2D eigenvalue weighted by atomic mass is 16.5. The molecule has 0 radical (unpaired) electrons. The first-order valence-corrected chi connectivity index (χ1v) is 5.95. The Labute approximate surface area is 95.6 Å². The molecule has 1 aromatic rings. The molecule has 2 aliphatic heterocycles. The van der Waals surface area contributed by atoms with Crippen molar-refractivity contribution in [2.75, 3.05) is 26.2 Å². The molecule has 3 nitrogen and oxygen atoms in total. The molecule has 0 aliphatic carbocycles. The SMILES string of the molecule is O[C@@H]1CCN(CC2COc3ccccc32)C1. The van der Waals surface area contributed by atoms with Crippen LogP contribution < -0.4 is 4.74 Å². The molecule has 2 atom stereocenters. The minimum Gasteiger partial charge on any atom is -0.493 e. The summed E-state index contributed by atoms with van der Waals surface area (Å²) in [5.41, 5.74) is 1.32. The summed E-state index contributed by atoms with van der Waals surface area (Å²) in [5, 5.41) is 9.50. The molecule has 0 amide bonds. The van der Waals surface area contributed by atoms with E-state index in [2.05, 4.69) is 17.0 Å². The number of hydrogen-bond acceptors (Lipinski definition) is 3. The predicted octanol–water partition coefficient (Wildman–Crippen LogP) is 1.23. The first kappa shape index (κ1) is 10.1. The van der Waals surface area contributed by atoms with E-state index in [1.54, 1.807) is 0 Å². The topological polar surface area (TPSA) is 32.7 Å². The van der Waals surface area contributed by atoms with E-state index >= 15 is 0 Å². The molecule has 0 aromatic heterocycles. The van der Waals surface area contributed by atoms with Crippen LogP contribution in [0.25, 0.3) is 0 Å². The molecule has 2 aliphatic rings. The Balaban J connectivity index is 1.69. The smallest absolute Gasteiger partial charge is 0.122 e. The molecule has 0 bridgehead atoms. The van der Waals surface area contributed by atoms with E-state index in [1.165, 1.54) is 5.56 Å². The average Bonchev–Trinajstić information content (AvgIpc) is 2.87. The molecule has 1 unspecified atom stereocenters. The predicted molar refractivity (Wildman–Crippen MR) is 61.7 cm³/mol. The molecule has 2 heterocycles. The number of fused-ring (bicyclic) bond motifs is 1. The minimum atomic E-state index is -0.127. The Morgan fingerprint density at radius 3 is 3.06 bits per heavy atom. The third kappa shape index (κ3) is 1.81. The van der Waals surface area contributed by atoms with E-state index in [-0.39, 0.29) is 6.10 Å². The lowest BCUT2D eigenvalue weighted by atomic mass is 10.0. The molecular formula is C13H17NO2. The Kier molecular flexibility index (Phi) is 2.58. The maximum absolute atomic E-state index is 9.50. The number of rotatable bonds is 2. The van der Waals surface area contributed by atoms with Gasteiger partial charge in [0.2, 0.25) is 0 Å². The van der Waals surface area contributed by atoms with E-state index < -0.39 is 0 Å². The zero-order chi connectivity index (χ0) is 11.0. The van der Waals surface area contributed by atoms with Gasteiger partial charge in [-0.15, -0.1) is 0 Å². The molecular weight excluding hydrogens is 202 g/mol. The summed E-state index contributed by atoms with van der Waals surface area (Å²) in [6.45, 7) is 3.62. The van der Waals surface area contributed by atoms with Crippen molar-refractivity contribution in [3.8, 4) is 5.75 Å². The van der Waals surface area contributed by atoms with Gasteiger partial charge in [0.15, 0.2) is 0 Å². The summed E-state index contributed by atoms with van der Waals surface area (Å²) in [4.78, 5) is 2.33. The van der Waals surface area contributed by atoms with E-state index in [4.69, 9.17) is 4.74 Å². The van der Waals surface area contributed by atoms with Crippen LogP contribution >= 0.6 is 0 Å². The second-order valence-electron chi connectivity index (χ2n) is 4.75. The largest absolute Gasteiger partial charge is 0.493 e. The van der Waals surface area contributed by atoms with E-state index in [1.807, 2.05) is 12.1 Å². The number of ether oxygens (including phenoxy) is 1. The summed E-state index contributed by atoms with van der Waals surface area (Å²) in [7, 11) is 0.